The number of para-hydroxylation sites is 2. The van der Waals surface area contributed by atoms with E-state index in [0.29, 0.717) is 5.92 Å². The smallest absolute Gasteiger partial charge is 0.0715 e. The standard InChI is InChI=1S/C59H43N3/c1-4-15-40(16-5-1)41-27-31-48(32-28-41)61-56-25-12-10-23-50(56)52-33-29-46(39-59(52)61)45-30-34-58-53(36-45)51-24-11-13-26-57(51)62(58)49-22-14-21-44(35-49)47-37-54(42-17-6-2-7-18-42)60-55(38-47)43-19-8-3-9-20-43/h1-29,31-33,35,37-39,45H,30,34,36H2. The van der Waals surface area contributed by atoms with Crippen LogP contribution in [0.1, 0.15) is 29.2 Å². The molecule has 12 rings (SSSR count). The topological polar surface area (TPSA) is 22.8 Å². The molecule has 0 bridgehead atoms. The molecule has 1 atom stereocenters. The van der Waals surface area contributed by atoms with E-state index in [1.807, 2.05) is 0 Å². The summed E-state index contributed by atoms with van der Waals surface area (Å²) >= 11 is 0. The van der Waals surface area contributed by atoms with E-state index in [2.05, 4.69) is 228 Å². The average molecular weight is 794 g/mol. The first-order chi connectivity index (χ1) is 30.7. The molecule has 0 fully saturated rings. The fraction of sp³-hybridized carbons (Fsp3) is 0.0678. The monoisotopic (exact) mass is 793 g/mol. The van der Waals surface area contributed by atoms with Crippen LogP contribution in [0.5, 0.6) is 0 Å². The minimum Gasteiger partial charge on any atom is -0.313 e. The summed E-state index contributed by atoms with van der Waals surface area (Å²) < 4.78 is 5.01. The van der Waals surface area contributed by atoms with Crippen LogP contribution in [0.2, 0.25) is 0 Å². The van der Waals surface area contributed by atoms with Gasteiger partial charge in [-0.05, 0) is 113 Å². The van der Waals surface area contributed by atoms with Gasteiger partial charge in [0.25, 0.3) is 0 Å². The highest BCUT2D eigenvalue weighted by atomic mass is 15.0. The molecule has 11 aromatic rings. The van der Waals surface area contributed by atoms with Gasteiger partial charge in [0.05, 0.1) is 27.9 Å². The largest absolute Gasteiger partial charge is 0.313 e. The molecule has 8 aromatic carbocycles. The van der Waals surface area contributed by atoms with Crippen LogP contribution >= 0.6 is 0 Å². The van der Waals surface area contributed by atoms with Gasteiger partial charge in [0, 0.05) is 44.4 Å². The van der Waals surface area contributed by atoms with Crippen LogP contribution in [-0.4, -0.2) is 14.1 Å². The Kier molecular flexibility index (Phi) is 8.78. The molecule has 62 heavy (non-hydrogen) atoms. The van der Waals surface area contributed by atoms with Gasteiger partial charge in [0.2, 0.25) is 0 Å². The molecule has 0 radical (unpaired) electrons. The molecular weight excluding hydrogens is 751 g/mol. The maximum Gasteiger partial charge on any atom is 0.0715 e. The van der Waals surface area contributed by atoms with Crippen molar-refractivity contribution in [2.24, 2.45) is 0 Å². The van der Waals surface area contributed by atoms with Gasteiger partial charge in [0.15, 0.2) is 0 Å². The third kappa shape index (κ3) is 6.24. The molecular formula is C59H43N3. The van der Waals surface area contributed by atoms with Gasteiger partial charge < -0.3 is 9.13 Å². The van der Waals surface area contributed by atoms with Crippen molar-refractivity contribution >= 4 is 32.7 Å². The summed E-state index contributed by atoms with van der Waals surface area (Å²) in [5.41, 5.74) is 19.4. The average Bonchev–Trinajstić information content (AvgIpc) is 3.87. The van der Waals surface area contributed by atoms with E-state index >= 15 is 0 Å². The van der Waals surface area contributed by atoms with Crippen LogP contribution in [0, 0.1) is 0 Å². The van der Waals surface area contributed by atoms with Crippen molar-refractivity contribution in [3.8, 4) is 56.1 Å². The van der Waals surface area contributed by atoms with Crippen LogP contribution in [0.3, 0.4) is 0 Å². The molecule has 294 valence electrons. The summed E-state index contributed by atoms with van der Waals surface area (Å²) in [4.78, 5) is 5.16. The van der Waals surface area contributed by atoms with Crippen LogP contribution in [0.4, 0.5) is 0 Å². The van der Waals surface area contributed by atoms with Gasteiger partial charge in [-0.25, -0.2) is 4.98 Å². The zero-order valence-electron chi connectivity index (χ0n) is 34.3. The van der Waals surface area contributed by atoms with E-state index in [1.54, 1.807) is 0 Å². The first-order valence-electron chi connectivity index (χ1n) is 21.8. The van der Waals surface area contributed by atoms with Gasteiger partial charge >= 0.3 is 0 Å². The number of rotatable bonds is 7. The number of hydrogen-bond donors (Lipinski definition) is 0. The van der Waals surface area contributed by atoms with E-state index in [1.165, 1.54) is 77.6 Å². The molecule has 0 amide bonds. The Bertz CT molecular complexity index is 3360. The zero-order chi connectivity index (χ0) is 41.0. The van der Waals surface area contributed by atoms with Gasteiger partial charge in [-0.3, -0.25) is 0 Å². The van der Waals surface area contributed by atoms with Crippen molar-refractivity contribution in [1.29, 1.82) is 0 Å². The summed E-state index contributed by atoms with van der Waals surface area (Å²) in [6.07, 6.45) is 3.10. The van der Waals surface area contributed by atoms with E-state index < -0.39 is 0 Å². The summed E-state index contributed by atoms with van der Waals surface area (Å²) in [5.74, 6) is 0.411. The first kappa shape index (κ1) is 36.1. The number of aromatic nitrogens is 3. The van der Waals surface area contributed by atoms with Crippen LogP contribution < -0.4 is 0 Å². The van der Waals surface area contributed by atoms with Crippen LogP contribution in [0.25, 0.3) is 88.9 Å². The van der Waals surface area contributed by atoms with Crippen molar-refractivity contribution in [2.75, 3.05) is 0 Å². The van der Waals surface area contributed by atoms with Crippen molar-refractivity contribution in [2.45, 2.75) is 25.2 Å². The summed E-state index contributed by atoms with van der Waals surface area (Å²) in [6, 6.07) is 79.4. The van der Waals surface area contributed by atoms with Crippen molar-refractivity contribution in [3.63, 3.8) is 0 Å². The lowest BCUT2D eigenvalue weighted by molar-refractivity contribution is 0.575. The molecule has 0 spiro atoms. The lowest BCUT2D eigenvalue weighted by Crippen LogP contribution is -2.14. The Hall–Kier alpha value is -7.75. The number of benzene rings is 8. The van der Waals surface area contributed by atoms with Crippen LogP contribution in [0.15, 0.2) is 218 Å². The van der Waals surface area contributed by atoms with Crippen molar-refractivity contribution < 1.29 is 0 Å². The predicted octanol–water partition coefficient (Wildman–Crippen LogP) is 15.1. The number of hydrogen-bond acceptors (Lipinski definition) is 1. The quantitative estimate of drug-likeness (QED) is 0.158. The molecule has 0 aliphatic heterocycles. The Morgan fingerprint density at radius 1 is 0.371 bits per heavy atom. The molecule has 1 aliphatic carbocycles. The Labute approximate surface area is 361 Å². The Morgan fingerprint density at radius 3 is 1.63 bits per heavy atom. The third-order valence-corrected chi connectivity index (χ3v) is 13.1. The minimum atomic E-state index is 0.411. The minimum absolute atomic E-state index is 0.411. The fourth-order valence-electron chi connectivity index (χ4n) is 10.1. The van der Waals surface area contributed by atoms with Gasteiger partial charge in [0.1, 0.15) is 0 Å². The highest BCUT2D eigenvalue weighted by Gasteiger charge is 2.28. The molecule has 1 aliphatic rings. The summed E-state index contributed by atoms with van der Waals surface area (Å²) in [7, 11) is 0. The maximum absolute atomic E-state index is 5.16. The second-order valence-corrected chi connectivity index (χ2v) is 16.7. The molecule has 0 N–H and O–H groups in total. The molecule has 0 saturated carbocycles. The molecule has 1 unspecified atom stereocenters. The predicted molar refractivity (Wildman–Crippen MR) is 258 cm³/mol. The molecule has 0 saturated heterocycles. The van der Waals surface area contributed by atoms with Crippen LogP contribution in [-0.2, 0) is 12.8 Å². The first-order valence-corrected chi connectivity index (χ1v) is 21.8. The van der Waals surface area contributed by atoms with E-state index in [0.717, 1.165) is 47.3 Å². The van der Waals surface area contributed by atoms with Crippen molar-refractivity contribution in [1.82, 2.24) is 14.1 Å². The lowest BCUT2D eigenvalue weighted by atomic mass is 9.81. The third-order valence-electron chi connectivity index (χ3n) is 13.1. The zero-order valence-corrected chi connectivity index (χ0v) is 34.3. The number of fused-ring (bicyclic) bond motifs is 6. The second-order valence-electron chi connectivity index (χ2n) is 16.7. The molecule has 3 nitrogen and oxygen atoms in total. The molecule has 3 heterocycles. The number of nitrogens with zero attached hydrogens (tertiary/aromatic N) is 3. The van der Waals surface area contributed by atoms with E-state index in [4.69, 9.17) is 4.98 Å². The molecule has 3 heteroatoms. The SMILES string of the molecule is c1ccc(-c2ccc(-n3c4ccccc4c4ccc(C5CCc6c(c7ccccc7n6-c6cccc(-c7cc(-c8ccccc8)nc(-c8ccccc8)c7)c6)C5)cc43)cc2)cc1. The van der Waals surface area contributed by atoms with Crippen molar-refractivity contribution in [3.05, 3.63) is 235 Å². The lowest BCUT2D eigenvalue weighted by Gasteiger charge is -2.25. The Morgan fingerprint density at radius 2 is 0.935 bits per heavy atom. The molecule has 3 aromatic heterocycles. The highest BCUT2D eigenvalue weighted by Crippen LogP contribution is 2.42. The van der Waals surface area contributed by atoms with Gasteiger partial charge in [-0.1, -0.05) is 164 Å². The maximum atomic E-state index is 5.16. The van der Waals surface area contributed by atoms with Gasteiger partial charge in [-0.15, -0.1) is 0 Å². The second kappa shape index (κ2) is 15.1. The van der Waals surface area contributed by atoms with Gasteiger partial charge in [-0.2, -0.15) is 0 Å². The van der Waals surface area contributed by atoms with E-state index in [9.17, 15) is 0 Å². The summed E-state index contributed by atoms with van der Waals surface area (Å²) in [5, 5.41) is 3.94. The normalized spacial score (nSPS) is 13.8. The summed E-state index contributed by atoms with van der Waals surface area (Å²) in [6.45, 7) is 0. The fourth-order valence-corrected chi connectivity index (χ4v) is 10.1. The Balaban J connectivity index is 0.926. The number of pyridine rings is 1. The highest BCUT2D eigenvalue weighted by molar-refractivity contribution is 6.09. The van der Waals surface area contributed by atoms with E-state index in [-0.39, 0.29) is 0 Å².